The van der Waals surface area contributed by atoms with Gasteiger partial charge in [-0.2, -0.15) is 0 Å². The number of hydrogen-bond acceptors (Lipinski definition) is 2. The highest BCUT2D eigenvalue weighted by Crippen LogP contribution is 2.22. The number of imidazole rings is 1. The molecule has 6 heteroatoms. The van der Waals surface area contributed by atoms with Gasteiger partial charge >= 0.3 is 0 Å². The first-order chi connectivity index (χ1) is 9.58. The van der Waals surface area contributed by atoms with Gasteiger partial charge in [0.2, 0.25) is 5.91 Å². The van der Waals surface area contributed by atoms with Crippen LogP contribution < -0.4 is 0 Å². The summed E-state index contributed by atoms with van der Waals surface area (Å²) in [6.07, 6.45) is 2.12. The molecule has 1 amide bonds. The van der Waals surface area contributed by atoms with E-state index in [1.165, 1.54) is 12.1 Å². The SMILES string of the molecule is CC(C(=O)N1CCCC1)n1c(=S)[nH]c2cc(F)ccc21. The zero-order valence-corrected chi connectivity index (χ0v) is 12.0. The van der Waals surface area contributed by atoms with E-state index in [1.54, 1.807) is 10.6 Å². The first kappa shape index (κ1) is 13.3. The molecule has 0 radical (unpaired) electrons. The summed E-state index contributed by atoms with van der Waals surface area (Å²) >= 11 is 5.28. The van der Waals surface area contributed by atoms with E-state index in [-0.39, 0.29) is 17.8 Å². The second kappa shape index (κ2) is 5.01. The molecule has 2 aromatic rings. The Morgan fingerprint density at radius 3 is 2.80 bits per heavy atom. The lowest BCUT2D eigenvalue weighted by molar-refractivity contribution is -0.133. The molecule has 1 fully saturated rings. The minimum atomic E-state index is -0.375. The molecule has 1 atom stereocenters. The van der Waals surface area contributed by atoms with Crippen molar-refractivity contribution in [3.63, 3.8) is 0 Å². The standard InChI is InChI=1S/C14H16FN3OS/c1-9(13(19)17-6-2-3-7-17)18-12-5-4-10(15)8-11(12)16-14(18)20/h4-5,8-9H,2-3,6-7H2,1H3,(H,16,20). The average molecular weight is 293 g/mol. The fraction of sp³-hybridized carbons (Fsp3) is 0.429. The molecule has 3 rings (SSSR count). The lowest BCUT2D eigenvalue weighted by Crippen LogP contribution is -2.33. The average Bonchev–Trinajstić information content (AvgIpc) is 3.03. The minimum Gasteiger partial charge on any atom is -0.341 e. The van der Waals surface area contributed by atoms with Gasteiger partial charge in [0.1, 0.15) is 11.9 Å². The number of amides is 1. The van der Waals surface area contributed by atoms with Crippen molar-refractivity contribution < 1.29 is 9.18 Å². The summed E-state index contributed by atoms with van der Waals surface area (Å²) in [5, 5.41) is 0. The number of likely N-dealkylation sites (tertiary alicyclic amines) is 1. The summed E-state index contributed by atoms with van der Waals surface area (Å²) in [7, 11) is 0. The largest absolute Gasteiger partial charge is 0.341 e. The number of fused-ring (bicyclic) bond motifs is 1. The molecule has 1 aromatic carbocycles. The number of aromatic amines is 1. The Bertz CT molecular complexity index is 715. The molecule has 0 aliphatic carbocycles. The zero-order chi connectivity index (χ0) is 14.3. The zero-order valence-electron chi connectivity index (χ0n) is 11.2. The predicted molar refractivity (Wildman–Crippen MR) is 77.6 cm³/mol. The Hall–Kier alpha value is -1.69. The van der Waals surface area contributed by atoms with Crippen LogP contribution in [0, 0.1) is 10.6 Å². The lowest BCUT2D eigenvalue weighted by Gasteiger charge is -2.21. The maximum Gasteiger partial charge on any atom is 0.245 e. The van der Waals surface area contributed by atoms with Crippen LogP contribution in [0.3, 0.4) is 0 Å². The molecule has 1 unspecified atom stereocenters. The summed E-state index contributed by atoms with van der Waals surface area (Å²) in [6, 6.07) is 4.06. The van der Waals surface area contributed by atoms with Gasteiger partial charge in [-0.05, 0) is 50.2 Å². The van der Waals surface area contributed by atoms with E-state index in [4.69, 9.17) is 12.2 Å². The van der Waals surface area contributed by atoms with Gasteiger partial charge in [-0.3, -0.25) is 4.79 Å². The number of hydrogen-bond donors (Lipinski definition) is 1. The second-order valence-electron chi connectivity index (χ2n) is 5.17. The second-order valence-corrected chi connectivity index (χ2v) is 5.56. The number of aromatic nitrogens is 2. The van der Waals surface area contributed by atoms with E-state index in [2.05, 4.69) is 4.98 Å². The molecular weight excluding hydrogens is 277 g/mol. The molecular formula is C14H16FN3OS. The Labute approximate surface area is 121 Å². The monoisotopic (exact) mass is 293 g/mol. The number of H-pyrrole nitrogens is 1. The first-order valence-electron chi connectivity index (χ1n) is 6.76. The summed E-state index contributed by atoms with van der Waals surface area (Å²) in [4.78, 5) is 17.3. The van der Waals surface area contributed by atoms with Gasteiger partial charge in [0, 0.05) is 13.1 Å². The summed E-state index contributed by atoms with van der Waals surface area (Å²) in [5.74, 6) is -0.247. The summed E-state index contributed by atoms with van der Waals surface area (Å²) in [6.45, 7) is 3.47. The highest BCUT2D eigenvalue weighted by atomic mass is 32.1. The molecule has 1 N–H and O–H groups in total. The fourth-order valence-electron chi connectivity index (χ4n) is 2.80. The molecule has 1 saturated heterocycles. The van der Waals surface area contributed by atoms with E-state index >= 15 is 0 Å². The molecule has 0 spiro atoms. The number of nitrogens with one attached hydrogen (secondary N) is 1. The molecule has 20 heavy (non-hydrogen) atoms. The highest BCUT2D eigenvalue weighted by Gasteiger charge is 2.25. The molecule has 2 heterocycles. The van der Waals surface area contributed by atoms with Gasteiger partial charge in [0.05, 0.1) is 11.0 Å². The third-order valence-electron chi connectivity index (χ3n) is 3.84. The number of carbonyl (C=O) groups is 1. The first-order valence-corrected chi connectivity index (χ1v) is 7.17. The molecule has 1 aromatic heterocycles. The number of nitrogens with zero attached hydrogens (tertiary/aromatic N) is 2. The van der Waals surface area contributed by atoms with Gasteiger partial charge in [-0.15, -0.1) is 0 Å². The lowest BCUT2D eigenvalue weighted by atomic mass is 10.2. The summed E-state index contributed by atoms with van der Waals surface area (Å²) in [5.41, 5.74) is 1.38. The maximum atomic E-state index is 13.2. The van der Waals surface area contributed by atoms with Crippen LogP contribution in [-0.4, -0.2) is 33.4 Å². The van der Waals surface area contributed by atoms with E-state index in [0.717, 1.165) is 31.4 Å². The van der Waals surface area contributed by atoms with Crippen LogP contribution >= 0.6 is 12.2 Å². The smallest absolute Gasteiger partial charge is 0.245 e. The molecule has 0 saturated carbocycles. The Balaban J connectivity index is 2.02. The Morgan fingerprint density at radius 1 is 1.40 bits per heavy atom. The van der Waals surface area contributed by atoms with Crippen LogP contribution in [0.15, 0.2) is 18.2 Å². The van der Waals surface area contributed by atoms with Crippen molar-refractivity contribution in [1.82, 2.24) is 14.5 Å². The van der Waals surface area contributed by atoms with Crippen molar-refractivity contribution in [3.05, 3.63) is 28.8 Å². The number of halogens is 1. The normalized spacial score (nSPS) is 16.8. The number of benzene rings is 1. The van der Waals surface area contributed by atoms with Crippen molar-refractivity contribution in [3.8, 4) is 0 Å². The Morgan fingerprint density at radius 2 is 2.10 bits per heavy atom. The molecule has 106 valence electrons. The van der Waals surface area contributed by atoms with Gasteiger partial charge in [0.25, 0.3) is 0 Å². The fourth-order valence-corrected chi connectivity index (χ4v) is 3.17. The van der Waals surface area contributed by atoms with Crippen molar-refractivity contribution in [2.75, 3.05) is 13.1 Å². The molecule has 4 nitrogen and oxygen atoms in total. The Kier molecular flexibility index (Phi) is 3.33. The van der Waals surface area contributed by atoms with Crippen molar-refractivity contribution >= 4 is 29.2 Å². The predicted octanol–water partition coefficient (Wildman–Crippen LogP) is 3.02. The molecule has 1 aliphatic heterocycles. The van der Waals surface area contributed by atoms with Crippen molar-refractivity contribution in [2.24, 2.45) is 0 Å². The van der Waals surface area contributed by atoms with Crippen LogP contribution in [0.25, 0.3) is 11.0 Å². The van der Waals surface area contributed by atoms with Gasteiger partial charge in [0.15, 0.2) is 4.77 Å². The molecule has 0 bridgehead atoms. The van der Waals surface area contributed by atoms with Gasteiger partial charge in [-0.1, -0.05) is 0 Å². The summed E-state index contributed by atoms with van der Waals surface area (Å²) < 4.78 is 15.5. The topological polar surface area (TPSA) is 41.0 Å². The van der Waals surface area contributed by atoms with Crippen LogP contribution in [0.2, 0.25) is 0 Å². The highest BCUT2D eigenvalue weighted by molar-refractivity contribution is 7.71. The van der Waals surface area contributed by atoms with Crippen LogP contribution in [0.4, 0.5) is 4.39 Å². The van der Waals surface area contributed by atoms with Gasteiger partial charge < -0.3 is 14.5 Å². The van der Waals surface area contributed by atoms with Crippen molar-refractivity contribution in [1.29, 1.82) is 0 Å². The number of rotatable bonds is 2. The maximum absolute atomic E-state index is 13.2. The number of carbonyl (C=O) groups excluding carboxylic acids is 1. The van der Waals surface area contributed by atoms with Crippen LogP contribution in [-0.2, 0) is 4.79 Å². The third kappa shape index (κ3) is 2.14. The van der Waals surface area contributed by atoms with E-state index in [9.17, 15) is 9.18 Å². The van der Waals surface area contributed by atoms with E-state index < -0.39 is 0 Å². The molecule has 1 aliphatic rings. The van der Waals surface area contributed by atoms with Crippen LogP contribution in [0.1, 0.15) is 25.8 Å². The van der Waals surface area contributed by atoms with Crippen LogP contribution in [0.5, 0.6) is 0 Å². The van der Waals surface area contributed by atoms with E-state index in [1.807, 2.05) is 11.8 Å². The quantitative estimate of drug-likeness (QED) is 0.865. The van der Waals surface area contributed by atoms with Crippen molar-refractivity contribution in [2.45, 2.75) is 25.8 Å². The van der Waals surface area contributed by atoms with Gasteiger partial charge in [-0.25, -0.2) is 4.39 Å². The third-order valence-corrected chi connectivity index (χ3v) is 4.14. The van der Waals surface area contributed by atoms with E-state index in [0.29, 0.717) is 10.3 Å². The minimum absolute atomic E-state index is 0.0730.